The molecular weight excluding hydrogens is 330 g/mol. The number of benzene rings is 1. The highest BCUT2D eigenvalue weighted by molar-refractivity contribution is 6.01. The van der Waals surface area contributed by atoms with Gasteiger partial charge in [-0.25, -0.2) is 4.79 Å². The van der Waals surface area contributed by atoms with Gasteiger partial charge in [0.2, 0.25) is 5.91 Å². The van der Waals surface area contributed by atoms with Crippen molar-refractivity contribution in [2.75, 3.05) is 31.1 Å². The van der Waals surface area contributed by atoms with Crippen LogP contribution in [0.5, 0.6) is 0 Å². The van der Waals surface area contributed by atoms with Gasteiger partial charge >= 0.3 is 6.09 Å². The Morgan fingerprint density at radius 1 is 1.35 bits per heavy atom. The van der Waals surface area contributed by atoms with Crippen molar-refractivity contribution in [2.45, 2.75) is 51.6 Å². The predicted octanol–water partition coefficient (Wildman–Crippen LogP) is 2.56. The molecule has 2 heterocycles. The minimum atomic E-state index is -0.220. The van der Waals surface area contributed by atoms with E-state index in [0.29, 0.717) is 25.6 Å². The maximum absolute atomic E-state index is 12.5. The first kappa shape index (κ1) is 18.7. The van der Waals surface area contributed by atoms with Gasteiger partial charge in [-0.1, -0.05) is 25.1 Å². The molecule has 1 saturated heterocycles. The van der Waals surface area contributed by atoms with Crippen LogP contribution < -0.4 is 10.2 Å². The van der Waals surface area contributed by atoms with Gasteiger partial charge in [0.15, 0.2) is 0 Å². The Hall–Kier alpha value is -2.08. The monoisotopic (exact) mass is 359 g/mol. The smallest absolute Gasteiger partial charge is 0.409 e. The molecule has 1 aromatic rings. The zero-order chi connectivity index (χ0) is 18.5. The van der Waals surface area contributed by atoms with Crippen LogP contribution in [0.4, 0.5) is 10.5 Å². The van der Waals surface area contributed by atoms with E-state index in [1.165, 1.54) is 0 Å². The molecule has 3 rings (SSSR count). The number of rotatable bonds is 7. The summed E-state index contributed by atoms with van der Waals surface area (Å²) in [7, 11) is 0. The van der Waals surface area contributed by atoms with Crippen LogP contribution in [0.1, 0.15) is 38.7 Å². The third kappa shape index (κ3) is 4.01. The van der Waals surface area contributed by atoms with Gasteiger partial charge in [0.05, 0.1) is 13.0 Å². The number of carbonyl (C=O) groups excluding carboxylic acids is 2. The lowest BCUT2D eigenvalue weighted by atomic mass is 10.1. The van der Waals surface area contributed by atoms with Crippen molar-refractivity contribution in [3.8, 4) is 0 Å². The van der Waals surface area contributed by atoms with Crippen LogP contribution >= 0.6 is 0 Å². The molecular formula is C20H29N3O3. The largest absolute Gasteiger partial charge is 0.450 e. The highest BCUT2D eigenvalue weighted by Crippen LogP contribution is 2.31. The first-order valence-corrected chi connectivity index (χ1v) is 9.69. The lowest BCUT2D eigenvalue weighted by Crippen LogP contribution is -2.41. The molecule has 0 radical (unpaired) electrons. The molecule has 1 aromatic carbocycles. The summed E-state index contributed by atoms with van der Waals surface area (Å²) in [6, 6.07) is 8.59. The van der Waals surface area contributed by atoms with E-state index in [1.54, 1.807) is 4.90 Å². The Morgan fingerprint density at radius 3 is 2.92 bits per heavy atom. The van der Waals surface area contributed by atoms with Crippen molar-refractivity contribution >= 4 is 17.7 Å². The second-order valence-electron chi connectivity index (χ2n) is 7.00. The zero-order valence-corrected chi connectivity index (χ0v) is 15.7. The van der Waals surface area contributed by atoms with Crippen molar-refractivity contribution in [3.63, 3.8) is 0 Å². The van der Waals surface area contributed by atoms with Gasteiger partial charge in [-0.15, -0.1) is 0 Å². The molecule has 0 bridgehead atoms. The quantitative estimate of drug-likeness (QED) is 0.813. The number of amides is 2. The Labute approximate surface area is 155 Å². The predicted molar refractivity (Wildman–Crippen MR) is 101 cm³/mol. The molecule has 2 aliphatic rings. The molecule has 1 unspecified atom stereocenters. The minimum absolute atomic E-state index is 0.201. The zero-order valence-electron chi connectivity index (χ0n) is 15.7. The number of ether oxygens (including phenoxy) is 1. The fourth-order valence-electron chi connectivity index (χ4n) is 3.96. The second kappa shape index (κ2) is 8.54. The molecule has 0 aliphatic carbocycles. The molecule has 2 atom stereocenters. The van der Waals surface area contributed by atoms with Gasteiger partial charge in [0.1, 0.15) is 0 Å². The van der Waals surface area contributed by atoms with Gasteiger partial charge in [-0.3, -0.25) is 4.79 Å². The highest BCUT2D eigenvalue weighted by atomic mass is 16.6. The SMILES string of the molecule is CCOC(=O)N1CC[C@@H](NCCC(CC)N2C(=O)Cc3ccccc32)C1. The van der Waals surface area contributed by atoms with Gasteiger partial charge in [-0.2, -0.15) is 0 Å². The Balaban J connectivity index is 1.50. The summed E-state index contributed by atoms with van der Waals surface area (Å²) in [5, 5.41) is 3.55. The molecule has 6 nitrogen and oxygen atoms in total. The Morgan fingerprint density at radius 2 is 2.15 bits per heavy atom. The molecule has 26 heavy (non-hydrogen) atoms. The van der Waals surface area contributed by atoms with Crippen LogP contribution in [-0.4, -0.2) is 55.2 Å². The summed E-state index contributed by atoms with van der Waals surface area (Å²) in [6.07, 6.45) is 3.08. The van der Waals surface area contributed by atoms with Gasteiger partial charge in [0.25, 0.3) is 0 Å². The van der Waals surface area contributed by atoms with Crippen LogP contribution in [-0.2, 0) is 16.0 Å². The first-order valence-electron chi connectivity index (χ1n) is 9.69. The van der Waals surface area contributed by atoms with Crippen LogP contribution in [0.25, 0.3) is 0 Å². The lowest BCUT2D eigenvalue weighted by Gasteiger charge is -2.28. The van der Waals surface area contributed by atoms with Crippen LogP contribution in [0, 0.1) is 0 Å². The number of fused-ring (bicyclic) bond motifs is 1. The van der Waals surface area contributed by atoms with Crippen LogP contribution in [0.15, 0.2) is 24.3 Å². The number of para-hydroxylation sites is 1. The molecule has 2 amide bonds. The average Bonchev–Trinajstić information content (AvgIpc) is 3.23. The number of likely N-dealkylation sites (tertiary alicyclic amines) is 1. The first-order chi connectivity index (χ1) is 12.6. The summed E-state index contributed by atoms with van der Waals surface area (Å²) >= 11 is 0. The van der Waals surface area contributed by atoms with Crippen LogP contribution in [0.2, 0.25) is 0 Å². The third-order valence-electron chi connectivity index (χ3n) is 5.32. The van der Waals surface area contributed by atoms with Crippen molar-refractivity contribution < 1.29 is 14.3 Å². The number of nitrogens with one attached hydrogen (secondary N) is 1. The molecule has 0 spiro atoms. The van der Waals surface area contributed by atoms with Crippen molar-refractivity contribution in [3.05, 3.63) is 29.8 Å². The Bertz CT molecular complexity index is 649. The summed E-state index contributed by atoms with van der Waals surface area (Å²) in [4.78, 5) is 28.0. The number of hydrogen-bond acceptors (Lipinski definition) is 4. The summed E-state index contributed by atoms with van der Waals surface area (Å²) < 4.78 is 5.06. The van der Waals surface area contributed by atoms with E-state index in [2.05, 4.69) is 12.2 Å². The van der Waals surface area contributed by atoms with E-state index in [0.717, 1.165) is 43.6 Å². The third-order valence-corrected chi connectivity index (χ3v) is 5.32. The Kier molecular flexibility index (Phi) is 6.14. The highest BCUT2D eigenvalue weighted by Gasteiger charge is 2.32. The molecule has 1 N–H and O–H groups in total. The molecule has 6 heteroatoms. The van der Waals surface area contributed by atoms with Crippen molar-refractivity contribution in [1.29, 1.82) is 0 Å². The standard InChI is InChI=1S/C20H29N3O3/c1-3-17(23-18-8-6-5-7-15(18)13-19(23)24)9-11-21-16-10-12-22(14-16)20(25)26-4-2/h5-8,16-17,21H,3-4,9-14H2,1-2H3/t16-,17?/m1/s1. The minimum Gasteiger partial charge on any atom is -0.450 e. The summed E-state index contributed by atoms with van der Waals surface area (Å²) in [6.45, 7) is 6.65. The average molecular weight is 359 g/mol. The van der Waals surface area contributed by atoms with E-state index >= 15 is 0 Å². The molecule has 0 aromatic heterocycles. The van der Waals surface area contributed by atoms with Gasteiger partial charge in [-0.05, 0) is 44.4 Å². The van der Waals surface area contributed by atoms with Crippen molar-refractivity contribution in [2.24, 2.45) is 0 Å². The van der Waals surface area contributed by atoms with E-state index in [4.69, 9.17) is 4.74 Å². The van der Waals surface area contributed by atoms with Crippen LogP contribution in [0.3, 0.4) is 0 Å². The number of hydrogen-bond donors (Lipinski definition) is 1. The summed E-state index contributed by atoms with van der Waals surface area (Å²) in [5.74, 6) is 0.201. The molecule has 1 fully saturated rings. The van der Waals surface area contributed by atoms with E-state index < -0.39 is 0 Å². The maximum Gasteiger partial charge on any atom is 0.409 e. The molecule has 0 saturated carbocycles. The summed E-state index contributed by atoms with van der Waals surface area (Å²) in [5.41, 5.74) is 2.20. The van der Waals surface area contributed by atoms with E-state index in [9.17, 15) is 9.59 Å². The second-order valence-corrected chi connectivity index (χ2v) is 7.00. The fourth-order valence-corrected chi connectivity index (χ4v) is 3.96. The fraction of sp³-hybridized carbons (Fsp3) is 0.600. The number of nitrogens with zero attached hydrogens (tertiary/aromatic N) is 2. The molecule has 2 aliphatic heterocycles. The molecule has 142 valence electrons. The van der Waals surface area contributed by atoms with Gasteiger partial charge < -0.3 is 19.9 Å². The van der Waals surface area contributed by atoms with Gasteiger partial charge in [0, 0.05) is 30.9 Å². The van der Waals surface area contributed by atoms with E-state index in [1.807, 2.05) is 36.1 Å². The number of anilines is 1. The van der Waals surface area contributed by atoms with E-state index in [-0.39, 0.29) is 18.0 Å². The lowest BCUT2D eigenvalue weighted by molar-refractivity contribution is -0.117. The maximum atomic E-state index is 12.5. The van der Waals surface area contributed by atoms with Crippen molar-refractivity contribution in [1.82, 2.24) is 10.2 Å². The number of carbonyl (C=O) groups is 2. The normalized spacial score (nSPS) is 20.4. The topological polar surface area (TPSA) is 61.9 Å².